The van der Waals surface area contributed by atoms with Crippen LogP contribution in [0, 0.1) is 5.92 Å². The molecule has 0 aliphatic carbocycles. The van der Waals surface area contributed by atoms with Crippen LogP contribution in [-0.4, -0.2) is 40.7 Å². The zero-order valence-electron chi connectivity index (χ0n) is 7.74. The molecule has 78 valence electrons. The molecule has 4 heteroatoms. The number of fused-ring (bicyclic) bond motifs is 6. The van der Waals surface area contributed by atoms with Gasteiger partial charge in [0.25, 0.3) is 0 Å². The number of hydrogen-bond donors (Lipinski definition) is 2. The topological polar surface area (TPSA) is 58.9 Å². The van der Waals surface area contributed by atoms with Gasteiger partial charge in [0.05, 0.1) is 18.5 Å². The summed E-state index contributed by atoms with van der Waals surface area (Å²) in [6, 6.07) is 0. The molecule has 3 aliphatic rings. The Kier molecular flexibility index (Phi) is 1.84. The van der Waals surface area contributed by atoms with Gasteiger partial charge in [-0.2, -0.15) is 0 Å². The summed E-state index contributed by atoms with van der Waals surface area (Å²) in [5.41, 5.74) is 0. The molecular weight excluding hydrogens is 184 g/mol. The van der Waals surface area contributed by atoms with Crippen molar-refractivity contribution in [2.45, 2.75) is 43.4 Å². The van der Waals surface area contributed by atoms with Crippen LogP contribution >= 0.6 is 0 Å². The highest BCUT2D eigenvalue weighted by atomic mass is 16.6. The van der Waals surface area contributed by atoms with Gasteiger partial charge in [0.2, 0.25) is 0 Å². The molecule has 0 radical (unpaired) electrons. The minimum Gasteiger partial charge on any atom is -0.493 e. The second-order valence-electron chi connectivity index (χ2n) is 4.28. The van der Waals surface area contributed by atoms with E-state index in [-0.39, 0.29) is 18.1 Å². The Morgan fingerprint density at radius 2 is 2.00 bits per heavy atom. The van der Waals surface area contributed by atoms with Crippen molar-refractivity contribution in [3.8, 4) is 0 Å². The summed E-state index contributed by atoms with van der Waals surface area (Å²) in [4.78, 5) is 0. The molecule has 2 saturated heterocycles. The van der Waals surface area contributed by atoms with Crippen LogP contribution in [0.15, 0.2) is 12.3 Å². The van der Waals surface area contributed by atoms with E-state index in [1.807, 2.05) is 6.08 Å². The van der Waals surface area contributed by atoms with Crippen molar-refractivity contribution in [2.75, 3.05) is 0 Å². The molecule has 3 heterocycles. The van der Waals surface area contributed by atoms with Crippen LogP contribution in [0.5, 0.6) is 0 Å². The molecule has 0 amide bonds. The Balaban J connectivity index is 1.95. The zero-order valence-corrected chi connectivity index (χ0v) is 7.74. The average molecular weight is 198 g/mol. The lowest BCUT2D eigenvalue weighted by Gasteiger charge is -2.50. The van der Waals surface area contributed by atoms with Gasteiger partial charge in [0.1, 0.15) is 12.2 Å². The first-order chi connectivity index (χ1) is 6.77. The smallest absolute Gasteiger partial charge is 0.153 e. The van der Waals surface area contributed by atoms with Crippen molar-refractivity contribution in [1.29, 1.82) is 0 Å². The quantitative estimate of drug-likeness (QED) is 0.566. The molecular formula is C10H14O4. The van der Waals surface area contributed by atoms with Crippen molar-refractivity contribution in [3.05, 3.63) is 12.3 Å². The van der Waals surface area contributed by atoms with Crippen molar-refractivity contribution in [2.24, 2.45) is 5.92 Å². The predicted molar refractivity (Wildman–Crippen MR) is 47.4 cm³/mol. The van der Waals surface area contributed by atoms with Gasteiger partial charge in [-0.15, -0.1) is 0 Å². The third-order valence-electron chi connectivity index (χ3n) is 3.48. The maximum Gasteiger partial charge on any atom is 0.153 e. The van der Waals surface area contributed by atoms with E-state index in [9.17, 15) is 10.2 Å². The van der Waals surface area contributed by atoms with E-state index in [2.05, 4.69) is 0 Å². The maximum atomic E-state index is 9.94. The molecule has 2 fully saturated rings. The van der Waals surface area contributed by atoms with Crippen molar-refractivity contribution in [1.82, 2.24) is 0 Å². The van der Waals surface area contributed by atoms with Gasteiger partial charge < -0.3 is 19.7 Å². The number of aliphatic hydroxyl groups is 2. The van der Waals surface area contributed by atoms with E-state index >= 15 is 0 Å². The lowest BCUT2D eigenvalue weighted by molar-refractivity contribution is -0.247. The Hall–Kier alpha value is -0.580. The molecule has 14 heavy (non-hydrogen) atoms. The fourth-order valence-electron chi connectivity index (χ4n) is 2.70. The Labute approximate surface area is 82.1 Å². The van der Waals surface area contributed by atoms with Crippen molar-refractivity contribution >= 4 is 0 Å². The molecule has 0 unspecified atom stereocenters. The first kappa shape index (κ1) is 8.71. The number of aliphatic hydroxyl groups excluding tert-OH is 2. The van der Waals surface area contributed by atoms with Gasteiger partial charge in [0, 0.05) is 5.92 Å². The molecule has 0 spiro atoms. The third kappa shape index (κ3) is 1.05. The molecule has 0 saturated carbocycles. The Morgan fingerprint density at radius 3 is 2.86 bits per heavy atom. The average Bonchev–Trinajstić information content (AvgIpc) is 2.17. The van der Waals surface area contributed by atoms with Gasteiger partial charge >= 0.3 is 0 Å². The molecule has 3 aliphatic heterocycles. The molecule has 3 rings (SSSR count). The van der Waals surface area contributed by atoms with Crippen molar-refractivity contribution < 1.29 is 19.7 Å². The largest absolute Gasteiger partial charge is 0.493 e. The van der Waals surface area contributed by atoms with Crippen molar-refractivity contribution in [3.63, 3.8) is 0 Å². The summed E-state index contributed by atoms with van der Waals surface area (Å²) in [6.07, 6.45) is 3.32. The summed E-state index contributed by atoms with van der Waals surface area (Å²) < 4.78 is 11.0. The van der Waals surface area contributed by atoms with E-state index in [1.165, 1.54) is 0 Å². The molecule has 0 aromatic heterocycles. The molecule has 0 aromatic carbocycles. The second kappa shape index (κ2) is 2.95. The van der Waals surface area contributed by atoms with Crippen LogP contribution in [0.4, 0.5) is 0 Å². The molecule has 6 atom stereocenters. The van der Waals surface area contributed by atoms with Gasteiger partial charge in [-0.25, -0.2) is 0 Å². The minimum atomic E-state index is -0.529. The number of rotatable bonds is 0. The normalized spacial score (nSPS) is 55.3. The van der Waals surface area contributed by atoms with Gasteiger partial charge in [0.15, 0.2) is 6.10 Å². The number of hydrogen-bond acceptors (Lipinski definition) is 4. The third-order valence-corrected chi connectivity index (χ3v) is 3.48. The van der Waals surface area contributed by atoms with E-state index < -0.39 is 18.3 Å². The van der Waals surface area contributed by atoms with Crippen LogP contribution in [0.1, 0.15) is 12.8 Å². The van der Waals surface area contributed by atoms with Gasteiger partial charge in [-0.05, 0) is 18.9 Å². The maximum absolute atomic E-state index is 9.94. The molecule has 2 N–H and O–H groups in total. The molecule has 4 bridgehead atoms. The van der Waals surface area contributed by atoms with Crippen LogP contribution < -0.4 is 0 Å². The highest BCUT2D eigenvalue weighted by molar-refractivity contribution is 5.08. The van der Waals surface area contributed by atoms with E-state index in [4.69, 9.17) is 9.47 Å². The van der Waals surface area contributed by atoms with Crippen LogP contribution in [-0.2, 0) is 9.47 Å². The summed E-state index contributed by atoms with van der Waals surface area (Å²) in [5.74, 6) is 0.0394. The van der Waals surface area contributed by atoms with E-state index in [0.29, 0.717) is 0 Å². The van der Waals surface area contributed by atoms with Gasteiger partial charge in [-0.3, -0.25) is 0 Å². The lowest BCUT2D eigenvalue weighted by atomic mass is 9.78. The highest BCUT2D eigenvalue weighted by Crippen LogP contribution is 2.39. The SMILES string of the molecule is O[C@H]1[C@H]2C=CO[C@@H]1[C@H]1O[C@@H]2CC[C@H]1O. The predicted octanol–water partition coefficient (Wildman–Crippen LogP) is -0.202. The molecule has 4 nitrogen and oxygen atoms in total. The van der Waals surface area contributed by atoms with E-state index in [0.717, 1.165) is 12.8 Å². The molecule has 0 aromatic rings. The second-order valence-corrected chi connectivity index (χ2v) is 4.28. The summed E-state index contributed by atoms with van der Waals surface area (Å²) >= 11 is 0. The standard InChI is InChI=1S/C10H14O4/c11-6-1-2-7-5-3-4-13-10(8(5)12)9(6)14-7/h3-12H,1-2H2/t5-,6+,7+,8-,9-,10-/m0/s1. The number of ether oxygens (including phenoxy) is 2. The summed E-state index contributed by atoms with van der Waals surface area (Å²) in [5, 5.41) is 19.7. The first-order valence-corrected chi connectivity index (χ1v) is 5.11. The minimum absolute atomic E-state index is 0.0394. The first-order valence-electron chi connectivity index (χ1n) is 5.11. The fraction of sp³-hybridized carbons (Fsp3) is 0.800. The zero-order chi connectivity index (χ0) is 9.71. The van der Waals surface area contributed by atoms with Gasteiger partial charge in [-0.1, -0.05) is 0 Å². The highest BCUT2D eigenvalue weighted by Gasteiger charge is 2.51. The van der Waals surface area contributed by atoms with E-state index in [1.54, 1.807) is 6.26 Å². The summed E-state index contributed by atoms with van der Waals surface area (Å²) in [6.45, 7) is 0. The monoisotopic (exact) mass is 198 g/mol. The Bertz CT molecular complexity index is 265. The summed E-state index contributed by atoms with van der Waals surface area (Å²) in [7, 11) is 0. The Morgan fingerprint density at radius 1 is 1.14 bits per heavy atom. The fourth-order valence-corrected chi connectivity index (χ4v) is 2.70. The van der Waals surface area contributed by atoms with Crippen LogP contribution in [0.2, 0.25) is 0 Å². The van der Waals surface area contributed by atoms with Crippen LogP contribution in [0.25, 0.3) is 0 Å². The van der Waals surface area contributed by atoms with Crippen LogP contribution in [0.3, 0.4) is 0 Å². The lowest BCUT2D eigenvalue weighted by Crippen LogP contribution is -2.62.